The van der Waals surface area contributed by atoms with Gasteiger partial charge in [-0.3, -0.25) is 4.68 Å². The number of halogens is 1. The molecule has 2 heterocycles. The van der Waals surface area contributed by atoms with E-state index in [-0.39, 0.29) is 0 Å². The van der Waals surface area contributed by atoms with Crippen molar-refractivity contribution in [3.05, 3.63) is 46.0 Å². The lowest BCUT2D eigenvalue weighted by atomic mass is 10.2. The van der Waals surface area contributed by atoms with Crippen LogP contribution in [0.5, 0.6) is 0 Å². The Balaban J connectivity index is 1.94. The predicted molar refractivity (Wildman–Crippen MR) is 87.2 cm³/mol. The maximum atomic E-state index is 4.44. The van der Waals surface area contributed by atoms with Crippen molar-refractivity contribution in [1.29, 1.82) is 0 Å². The summed E-state index contributed by atoms with van der Waals surface area (Å²) in [6.45, 7) is 4.80. The molecule has 21 heavy (non-hydrogen) atoms. The summed E-state index contributed by atoms with van der Waals surface area (Å²) in [6, 6.07) is 5.99. The van der Waals surface area contributed by atoms with Gasteiger partial charge in [-0.25, -0.2) is 9.97 Å². The second-order valence-electron chi connectivity index (χ2n) is 4.98. The van der Waals surface area contributed by atoms with Gasteiger partial charge in [-0.05, 0) is 41.9 Å². The van der Waals surface area contributed by atoms with E-state index in [1.54, 1.807) is 6.33 Å². The molecule has 2 aromatic heterocycles. The first-order chi connectivity index (χ1) is 10.1. The van der Waals surface area contributed by atoms with E-state index in [0.29, 0.717) is 6.54 Å². The lowest BCUT2D eigenvalue weighted by molar-refractivity contribution is 0.730. The number of aryl methyl sites for hydroxylation is 2. The van der Waals surface area contributed by atoms with Crippen LogP contribution in [0, 0.1) is 13.8 Å². The summed E-state index contributed by atoms with van der Waals surface area (Å²) in [5.41, 5.74) is 4.33. The van der Waals surface area contributed by atoms with E-state index in [2.05, 4.69) is 43.2 Å². The standard InChI is InChI=1S/C15H16BrN5/c1-9-12(10(2)21(3)20-9)7-17-15-11-5-4-6-13(16)14(11)18-8-19-15/h4-6,8H,7H2,1-3H3,(H,17,18,19). The molecular weight excluding hydrogens is 330 g/mol. The average Bonchev–Trinajstić information content (AvgIpc) is 2.71. The zero-order valence-electron chi connectivity index (χ0n) is 12.2. The molecular formula is C15H16BrN5. The van der Waals surface area contributed by atoms with Crippen molar-refractivity contribution in [2.45, 2.75) is 20.4 Å². The van der Waals surface area contributed by atoms with E-state index < -0.39 is 0 Å². The number of aromatic nitrogens is 4. The molecule has 0 aliphatic rings. The minimum atomic E-state index is 0.699. The molecule has 0 amide bonds. The predicted octanol–water partition coefficient (Wildman–Crippen LogP) is 3.35. The van der Waals surface area contributed by atoms with Crippen LogP contribution in [0.25, 0.3) is 10.9 Å². The van der Waals surface area contributed by atoms with Gasteiger partial charge in [-0.2, -0.15) is 5.10 Å². The quantitative estimate of drug-likeness (QED) is 0.790. The highest BCUT2D eigenvalue weighted by molar-refractivity contribution is 9.10. The summed E-state index contributed by atoms with van der Waals surface area (Å²) >= 11 is 3.52. The third-order valence-electron chi connectivity index (χ3n) is 3.71. The number of benzene rings is 1. The summed E-state index contributed by atoms with van der Waals surface area (Å²) in [6.07, 6.45) is 1.58. The number of anilines is 1. The molecule has 0 spiro atoms. The van der Waals surface area contributed by atoms with Crippen molar-refractivity contribution in [3.8, 4) is 0 Å². The van der Waals surface area contributed by atoms with Crippen LogP contribution < -0.4 is 5.32 Å². The van der Waals surface area contributed by atoms with Crippen LogP contribution in [-0.2, 0) is 13.6 Å². The normalized spacial score (nSPS) is 11.0. The Labute approximate surface area is 131 Å². The van der Waals surface area contributed by atoms with Gasteiger partial charge in [0.25, 0.3) is 0 Å². The van der Waals surface area contributed by atoms with Gasteiger partial charge in [-0.15, -0.1) is 0 Å². The number of fused-ring (bicyclic) bond motifs is 1. The lowest BCUT2D eigenvalue weighted by Crippen LogP contribution is -2.04. The van der Waals surface area contributed by atoms with E-state index in [1.807, 2.05) is 36.9 Å². The van der Waals surface area contributed by atoms with Crippen molar-refractivity contribution in [3.63, 3.8) is 0 Å². The van der Waals surface area contributed by atoms with Gasteiger partial charge >= 0.3 is 0 Å². The monoisotopic (exact) mass is 345 g/mol. The first-order valence-electron chi connectivity index (χ1n) is 6.70. The first-order valence-corrected chi connectivity index (χ1v) is 7.49. The Hall–Kier alpha value is -1.95. The number of hydrogen-bond donors (Lipinski definition) is 1. The topological polar surface area (TPSA) is 55.6 Å². The Bertz CT molecular complexity index is 809. The molecule has 3 rings (SSSR count). The number of nitrogens with zero attached hydrogens (tertiary/aromatic N) is 4. The minimum Gasteiger partial charge on any atom is -0.365 e. The molecule has 0 saturated heterocycles. The second-order valence-corrected chi connectivity index (χ2v) is 5.84. The maximum Gasteiger partial charge on any atom is 0.137 e. The molecule has 1 N–H and O–H groups in total. The van der Waals surface area contributed by atoms with Crippen LogP contribution in [0.3, 0.4) is 0 Å². The summed E-state index contributed by atoms with van der Waals surface area (Å²) in [7, 11) is 1.96. The Morgan fingerprint density at radius 1 is 1.24 bits per heavy atom. The van der Waals surface area contributed by atoms with Crippen molar-refractivity contribution in [1.82, 2.24) is 19.7 Å². The van der Waals surface area contributed by atoms with Gasteiger partial charge in [-0.1, -0.05) is 6.07 Å². The third-order valence-corrected chi connectivity index (χ3v) is 4.35. The zero-order chi connectivity index (χ0) is 15.0. The van der Waals surface area contributed by atoms with Crippen LogP contribution >= 0.6 is 15.9 Å². The minimum absolute atomic E-state index is 0.699. The van der Waals surface area contributed by atoms with Crippen molar-refractivity contribution in [2.75, 3.05) is 5.32 Å². The largest absolute Gasteiger partial charge is 0.365 e. The molecule has 0 unspecified atom stereocenters. The smallest absolute Gasteiger partial charge is 0.137 e. The highest BCUT2D eigenvalue weighted by Gasteiger charge is 2.11. The van der Waals surface area contributed by atoms with Gasteiger partial charge in [0.2, 0.25) is 0 Å². The third kappa shape index (κ3) is 2.51. The van der Waals surface area contributed by atoms with Gasteiger partial charge in [0, 0.05) is 34.7 Å². The van der Waals surface area contributed by atoms with Crippen LogP contribution in [0.2, 0.25) is 0 Å². The van der Waals surface area contributed by atoms with E-state index >= 15 is 0 Å². The molecule has 0 bridgehead atoms. The second kappa shape index (κ2) is 5.44. The Kier molecular flexibility index (Phi) is 3.63. The fraction of sp³-hybridized carbons (Fsp3) is 0.267. The molecule has 5 nitrogen and oxygen atoms in total. The number of nitrogens with one attached hydrogen (secondary N) is 1. The van der Waals surface area contributed by atoms with E-state index in [1.165, 1.54) is 11.3 Å². The molecule has 0 aliphatic carbocycles. The molecule has 0 saturated carbocycles. The van der Waals surface area contributed by atoms with Gasteiger partial charge in [0.15, 0.2) is 0 Å². The molecule has 1 aromatic carbocycles. The average molecular weight is 346 g/mol. The van der Waals surface area contributed by atoms with Crippen LogP contribution in [-0.4, -0.2) is 19.7 Å². The lowest BCUT2D eigenvalue weighted by Gasteiger charge is -2.09. The van der Waals surface area contributed by atoms with Gasteiger partial charge in [0.1, 0.15) is 12.1 Å². The summed E-state index contributed by atoms with van der Waals surface area (Å²) in [5, 5.41) is 8.84. The van der Waals surface area contributed by atoms with Crippen molar-refractivity contribution >= 4 is 32.7 Å². The van der Waals surface area contributed by atoms with E-state index in [9.17, 15) is 0 Å². The van der Waals surface area contributed by atoms with Gasteiger partial charge in [0.05, 0.1) is 11.2 Å². The van der Waals surface area contributed by atoms with E-state index in [4.69, 9.17) is 0 Å². The number of rotatable bonds is 3. The maximum absolute atomic E-state index is 4.44. The highest BCUT2D eigenvalue weighted by Crippen LogP contribution is 2.26. The molecule has 3 aromatic rings. The molecule has 0 atom stereocenters. The SMILES string of the molecule is Cc1nn(C)c(C)c1CNc1ncnc2c(Br)cccc12. The molecule has 6 heteroatoms. The van der Waals surface area contributed by atoms with E-state index in [0.717, 1.165) is 26.9 Å². The first kappa shape index (κ1) is 14.0. The highest BCUT2D eigenvalue weighted by atomic mass is 79.9. The summed E-state index contributed by atoms with van der Waals surface area (Å²) < 4.78 is 2.88. The zero-order valence-corrected chi connectivity index (χ0v) is 13.8. The van der Waals surface area contributed by atoms with Crippen LogP contribution in [0.15, 0.2) is 29.0 Å². The van der Waals surface area contributed by atoms with Crippen molar-refractivity contribution in [2.24, 2.45) is 7.05 Å². The van der Waals surface area contributed by atoms with Crippen LogP contribution in [0.4, 0.5) is 5.82 Å². The molecule has 0 radical (unpaired) electrons. The van der Waals surface area contributed by atoms with Gasteiger partial charge < -0.3 is 5.32 Å². The Morgan fingerprint density at radius 2 is 2.05 bits per heavy atom. The molecule has 0 fully saturated rings. The fourth-order valence-electron chi connectivity index (χ4n) is 2.44. The number of para-hydroxylation sites is 1. The molecule has 108 valence electrons. The summed E-state index contributed by atoms with van der Waals surface area (Å²) in [5.74, 6) is 0.837. The van der Waals surface area contributed by atoms with Crippen molar-refractivity contribution < 1.29 is 0 Å². The summed E-state index contributed by atoms with van der Waals surface area (Å²) in [4.78, 5) is 8.68. The Morgan fingerprint density at radius 3 is 2.76 bits per heavy atom. The number of hydrogen-bond acceptors (Lipinski definition) is 4. The van der Waals surface area contributed by atoms with Crippen LogP contribution in [0.1, 0.15) is 17.0 Å². The fourth-order valence-corrected chi connectivity index (χ4v) is 2.91. The molecule has 0 aliphatic heterocycles.